The van der Waals surface area contributed by atoms with Gasteiger partial charge in [0.25, 0.3) is 0 Å². The van der Waals surface area contributed by atoms with E-state index in [0.717, 1.165) is 18.8 Å². The molecule has 106 valence electrons. The Morgan fingerprint density at radius 3 is 2.79 bits per heavy atom. The van der Waals surface area contributed by atoms with Crippen LogP contribution >= 0.6 is 0 Å². The van der Waals surface area contributed by atoms with Gasteiger partial charge in [0.1, 0.15) is 15.6 Å². The van der Waals surface area contributed by atoms with Gasteiger partial charge < -0.3 is 10.1 Å². The predicted octanol–water partition coefficient (Wildman–Crippen LogP) is 1.71. The van der Waals surface area contributed by atoms with Gasteiger partial charge in [0.05, 0.1) is 12.4 Å². The SMILES string of the molecule is CC(CS(C)(=O)=O)NC(C)c1ccc2c(c1)CCO2. The molecule has 4 nitrogen and oxygen atoms in total. The molecule has 0 spiro atoms. The van der Waals surface area contributed by atoms with E-state index in [1.165, 1.54) is 17.4 Å². The van der Waals surface area contributed by atoms with Crippen molar-refractivity contribution in [3.63, 3.8) is 0 Å². The van der Waals surface area contributed by atoms with Crippen molar-refractivity contribution in [2.24, 2.45) is 0 Å². The monoisotopic (exact) mass is 283 g/mol. The summed E-state index contributed by atoms with van der Waals surface area (Å²) in [6, 6.07) is 6.25. The minimum Gasteiger partial charge on any atom is -0.493 e. The quantitative estimate of drug-likeness (QED) is 0.893. The van der Waals surface area contributed by atoms with Crippen molar-refractivity contribution in [3.05, 3.63) is 29.3 Å². The van der Waals surface area contributed by atoms with Crippen molar-refractivity contribution in [2.45, 2.75) is 32.4 Å². The number of rotatable bonds is 5. The lowest BCUT2D eigenvalue weighted by molar-refractivity contribution is 0.356. The van der Waals surface area contributed by atoms with Crippen molar-refractivity contribution in [2.75, 3.05) is 18.6 Å². The van der Waals surface area contributed by atoms with Crippen LogP contribution in [0.2, 0.25) is 0 Å². The maximum absolute atomic E-state index is 11.3. The molecule has 0 aliphatic carbocycles. The van der Waals surface area contributed by atoms with Crippen LogP contribution < -0.4 is 10.1 Å². The van der Waals surface area contributed by atoms with Crippen LogP contribution in [0.1, 0.15) is 31.0 Å². The van der Waals surface area contributed by atoms with Crippen LogP contribution in [0, 0.1) is 0 Å². The molecule has 2 rings (SSSR count). The molecule has 1 N–H and O–H groups in total. The molecule has 1 aromatic carbocycles. The minimum absolute atomic E-state index is 0.0606. The Morgan fingerprint density at radius 1 is 1.37 bits per heavy atom. The zero-order valence-electron chi connectivity index (χ0n) is 11.6. The van der Waals surface area contributed by atoms with Crippen LogP contribution in [-0.4, -0.2) is 33.1 Å². The standard InChI is InChI=1S/C14H21NO3S/c1-10(9-19(3,16)17)15-11(2)12-4-5-14-13(8-12)6-7-18-14/h4-5,8,10-11,15H,6-7,9H2,1-3H3. The average molecular weight is 283 g/mol. The number of sulfone groups is 1. The molecular formula is C14H21NO3S. The Labute approximate surface area is 115 Å². The van der Waals surface area contributed by atoms with Gasteiger partial charge in [-0.15, -0.1) is 0 Å². The lowest BCUT2D eigenvalue weighted by Gasteiger charge is -2.20. The zero-order chi connectivity index (χ0) is 14.0. The Hall–Kier alpha value is -1.07. The van der Waals surface area contributed by atoms with Gasteiger partial charge in [0, 0.05) is 24.8 Å². The third-order valence-electron chi connectivity index (χ3n) is 3.30. The van der Waals surface area contributed by atoms with E-state index in [1.54, 1.807) is 0 Å². The normalized spacial score (nSPS) is 17.6. The lowest BCUT2D eigenvalue weighted by Crippen LogP contribution is -2.34. The molecule has 2 atom stereocenters. The van der Waals surface area contributed by atoms with Gasteiger partial charge in [-0.25, -0.2) is 8.42 Å². The summed E-state index contributed by atoms with van der Waals surface area (Å²) >= 11 is 0. The zero-order valence-corrected chi connectivity index (χ0v) is 12.5. The molecule has 1 aromatic rings. The molecular weight excluding hydrogens is 262 g/mol. The number of hydrogen-bond acceptors (Lipinski definition) is 4. The van der Waals surface area contributed by atoms with E-state index in [0.29, 0.717) is 0 Å². The van der Waals surface area contributed by atoms with E-state index in [2.05, 4.69) is 18.3 Å². The lowest BCUT2D eigenvalue weighted by atomic mass is 10.0. The van der Waals surface area contributed by atoms with E-state index in [-0.39, 0.29) is 17.8 Å². The van der Waals surface area contributed by atoms with Crippen LogP contribution in [0.4, 0.5) is 0 Å². The van der Waals surface area contributed by atoms with E-state index < -0.39 is 9.84 Å². The van der Waals surface area contributed by atoms with Gasteiger partial charge in [0.2, 0.25) is 0 Å². The molecule has 0 saturated heterocycles. The molecule has 1 heterocycles. The Morgan fingerprint density at radius 2 is 2.11 bits per heavy atom. The summed E-state index contributed by atoms with van der Waals surface area (Å²) in [6.07, 6.45) is 2.22. The number of hydrogen-bond donors (Lipinski definition) is 1. The molecule has 1 aliphatic rings. The molecule has 0 bridgehead atoms. The summed E-state index contributed by atoms with van der Waals surface area (Å²) in [7, 11) is -2.94. The highest BCUT2D eigenvalue weighted by Gasteiger charge is 2.17. The summed E-state index contributed by atoms with van der Waals surface area (Å²) in [4.78, 5) is 0. The van der Waals surface area contributed by atoms with Crippen molar-refractivity contribution < 1.29 is 13.2 Å². The second-order valence-corrected chi connectivity index (χ2v) is 7.53. The van der Waals surface area contributed by atoms with Crippen LogP contribution in [0.5, 0.6) is 5.75 Å². The Kier molecular flexibility index (Phi) is 4.16. The number of benzene rings is 1. The van der Waals surface area contributed by atoms with Gasteiger partial charge in [-0.3, -0.25) is 0 Å². The van der Waals surface area contributed by atoms with Crippen molar-refractivity contribution >= 4 is 9.84 Å². The van der Waals surface area contributed by atoms with Gasteiger partial charge in [-0.1, -0.05) is 12.1 Å². The maximum Gasteiger partial charge on any atom is 0.148 e. The fraction of sp³-hybridized carbons (Fsp3) is 0.571. The minimum atomic E-state index is -2.94. The Balaban J connectivity index is 2.02. The molecule has 0 radical (unpaired) electrons. The number of fused-ring (bicyclic) bond motifs is 1. The molecule has 0 saturated carbocycles. The van der Waals surface area contributed by atoms with E-state index >= 15 is 0 Å². The van der Waals surface area contributed by atoms with Crippen molar-refractivity contribution in [1.29, 1.82) is 0 Å². The van der Waals surface area contributed by atoms with E-state index in [4.69, 9.17) is 4.74 Å². The first kappa shape index (κ1) is 14.3. The van der Waals surface area contributed by atoms with Gasteiger partial charge in [-0.2, -0.15) is 0 Å². The smallest absolute Gasteiger partial charge is 0.148 e. The maximum atomic E-state index is 11.3. The fourth-order valence-corrected chi connectivity index (χ4v) is 3.51. The Bertz CT molecular complexity index is 554. The predicted molar refractivity (Wildman–Crippen MR) is 76.4 cm³/mol. The summed E-state index contributed by atoms with van der Waals surface area (Å²) in [5.74, 6) is 1.13. The summed E-state index contributed by atoms with van der Waals surface area (Å²) in [6.45, 7) is 4.70. The van der Waals surface area contributed by atoms with Gasteiger partial charge >= 0.3 is 0 Å². The van der Waals surface area contributed by atoms with Gasteiger partial charge in [0.15, 0.2) is 0 Å². The average Bonchev–Trinajstić information content (AvgIpc) is 2.72. The van der Waals surface area contributed by atoms with E-state index in [9.17, 15) is 8.42 Å². The van der Waals surface area contributed by atoms with Crippen LogP contribution in [0.25, 0.3) is 0 Å². The van der Waals surface area contributed by atoms with Crippen LogP contribution in [-0.2, 0) is 16.3 Å². The highest BCUT2D eigenvalue weighted by molar-refractivity contribution is 7.90. The molecule has 0 fully saturated rings. The third kappa shape index (κ3) is 3.94. The first-order chi connectivity index (χ1) is 8.85. The molecule has 19 heavy (non-hydrogen) atoms. The highest BCUT2D eigenvalue weighted by Crippen LogP contribution is 2.28. The van der Waals surface area contributed by atoms with Gasteiger partial charge in [-0.05, 0) is 31.0 Å². The second-order valence-electron chi connectivity index (χ2n) is 5.35. The molecule has 5 heteroatoms. The van der Waals surface area contributed by atoms with Crippen LogP contribution in [0.3, 0.4) is 0 Å². The third-order valence-corrected chi connectivity index (χ3v) is 4.41. The first-order valence-corrected chi connectivity index (χ1v) is 8.60. The molecule has 0 amide bonds. The molecule has 1 aliphatic heterocycles. The number of ether oxygens (including phenoxy) is 1. The summed E-state index contributed by atoms with van der Waals surface area (Å²) in [5, 5.41) is 3.32. The molecule has 0 aromatic heterocycles. The summed E-state index contributed by atoms with van der Waals surface area (Å²) in [5.41, 5.74) is 2.41. The van der Waals surface area contributed by atoms with Crippen LogP contribution in [0.15, 0.2) is 18.2 Å². The fourth-order valence-electron chi connectivity index (χ4n) is 2.50. The topological polar surface area (TPSA) is 55.4 Å². The van der Waals surface area contributed by atoms with Crippen molar-refractivity contribution in [3.8, 4) is 5.75 Å². The largest absolute Gasteiger partial charge is 0.493 e. The second kappa shape index (κ2) is 5.51. The summed E-state index contributed by atoms with van der Waals surface area (Å²) < 4.78 is 28.0. The highest BCUT2D eigenvalue weighted by atomic mass is 32.2. The van der Waals surface area contributed by atoms with E-state index in [1.807, 2.05) is 19.1 Å². The number of nitrogens with one attached hydrogen (secondary N) is 1. The first-order valence-electron chi connectivity index (χ1n) is 6.54. The van der Waals surface area contributed by atoms with Crippen molar-refractivity contribution in [1.82, 2.24) is 5.32 Å². The molecule has 2 unspecified atom stereocenters.